The maximum atomic E-state index is 2.36. The van der Waals surface area contributed by atoms with E-state index in [-0.39, 0.29) is 0 Å². The summed E-state index contributed by atoms with van der Waals surface area (Å²) in [4.78, 5) is 0. The molecule has 0 bridgehead atoms. The van der Waals surface area contributed by atoms with Gasteiger partial charge in [-0.05, 0) is 396 Å². The molecular formula is C126H104. The molecule has 0 saturated carbocycles. The molecule has 24 rings (SSSR count). The van der Waals surface area contributed by atoms with Crippen LogP contribution in [0.25, 0.3) is 195 Å². The monoisotopic (exact) mass is 1620 g/mol. The Morgan fingerprint density at radius 2 is 0.302 bits per heavy atom. The molecule has 24 aromatic rings. The fraction of sp³-hybridized carbons (Fsp3) is 0.111. The number of hydrogen-bond acceptors (Lipinski definition) is 0. The van der Waals surface area contributed by atoms with Crippen LogP contribution in [0.15, 0.2) is 376 Å². The van der Waals surface area contributed by atoms with Gasteiger partial charge in [0.1, 0.15) is 0 Å². The zero-order valence-corrected chi connectivity index (χ0v) is 74.8. The van der Waals surface area contributed by atoms with Gasteiger partial charge in [0.25, 0.3) is 0 Å². The average molecular weight is 1620 g/mol. The molecule has 126 heavy (non-hydrogen) atoms. The molecule has 0 heteroatoms. The molecule has 24 aromatic carbocycles. The van der Waals surface area contributed by atoms with E-state index in [0.717, 1.165) is 0 Å². The van der Waals surface area contributed by atoms with E-state index in [9.17, 15) is 0 Å². The Morgan fingerprint density at radius 3 is 0.603 bits per heavy atom. The highest BCUT2D eigenvalue weighted by Gasteiger charge is 2.21. The molecule has 0 N–H and O–H groups in total. The largest absolute Gasteiger partial charge is 0.0616 e. The van der Waals surface area contributed by atoms with Crippen LogP contribution < -0.4 is 0 Å². The van der Waals surface area contributed by atoms with Crippen LogP contribution >= 0.6 is 0 Å². The molecule has 0 unspecified atom stereocenters. The fourth-order valence-corrected chi connectivity index (χ4v) is 20.1. The molecule has 0 fully saturated rings. The van der Waals surface area contributed by atoms with Crippen LogP contribution in [-0.4, -0.2) is 0 Å². The van der Waals surface area contributed by atoms with Crippen LogP contribution in [-0.2, 0) is 0 Å². The second-order valence-electron chi connectivity index (χ2n) is 35.2. The summed E-state index contributed by atoms with van der Waals surface area (Å²) in [6.45, 7) is 30.7. The molecule has 0 heterocycles. The predicted molar refractivity (Wildman–Crippen MR) is 556 cm³/mol. The van der Waals surface area contributed by atoms with Crippen molar-refractivity contribution in [2.24, 2.45) is 0 Å². The third-order valence-corrected chi connectivity index (χ3v) is 27.0. The van der Waals surface area contributed by atoms with Crippen LogP contribution in [0.3, 0.4) is 0 Å². The lowest BCUT2D eigenvalue weighted by molar-refractivity contribution is 1.46. The van der Waals surface area contributed by atoms with Crippen molar-refractivity contribution in [3.05, 3.63) is 454 Å². The first kappa shape index (κ1) is 81.1. The number of aryl methyl sites for hydroxylation is 14. The highest BCUT2D eigenvalue weighted by atomic mass is 14.2. The van der Waals surface area contributed by atoms with Crippen molar-refractivity contribution in [3.8, 4) is 22.3 Å². The summed E-state index contributed by atoms with van der Waals surface area (Å²) in [7, 11) is 0. The van der Waals surface area contributed by atoms with E-state index in [1.165, 1.54) is 273 Å². The van der Waals surface area contributed by atoms with Crippen molar-refractivity contribution < 1.29 is 0 Å². The molecule has 0 spiro atoms. The van der Waals surface area contributed by atoms with Gasteiger partial charge in [-0.2, -0.15) is 0 Å². The minimum atomic E-state index is 1.29. The third-order valence-electron chi connectivity index (χ3n) is 27.0. The van der Waals surface area contributed by atoms with Gasteiger partial charge in [0.05, 0.1) is 0 Å². The Balaban J connectivity index is 0.000000101. The van der Waals surface area contributed by atoms with Crippen LogP contribution in [0.2, 0.25) is 0 Å². The second-order valence-corrected chi connectivity index (χ2v) is 35.2. The van der Waals surface area contributed by atoms with Gasteiger partial charge in [-0.1, -0.05) is 350 Å². The maximum Gasteiger partial charge on any atom is -0.00141 e. The summed E-state index contributed by atoms with van der Waals surface area (Å²) in [5.74, 6) is 0. The number of fused-ring (bicyclic) bond motifs is 16. The van der Waals surface area contributed by atoms with E-state index in [1.807, 2.05) is 0 Å². The molecule has 0 aliphatic heterocycles. The minimum absolute atomic E-state index is 1.29. The lowest BCUT2D eigenvalue weighted by Gasteiger charge is -2.20. The molecule has 0 aromatic heterocycles. The Hall–Kier alpha value is -14.6. The molecule has 0 radical (unpaired) electrons. The number of hydrogen-bond donors (Lipinski definition) is 0. The first-order valence-electron chi connectivity index (χ1n) is 44.5. The summed E-state index contributed by atoms with van der Waals surface area (Å²) in [5.41, 5.74) is 24.2. The standard InChI is InChI=1S/2C30H22.2C17H16.2C16H14/c1-19-21-11-3-7-15-25(21)29(26-16-8-4-12-22(19)26)30-27-17-9-5-13-23(27)20(2)24-14-6-10-18-28(24)30;1-19-11-13-25(29-17-23-9-5-3-7-21(23)15-27(19)29)26-14-12-20(2)28-16-22-8-4-6-10-24(22)18-30(26)28;1-11-4-7-14-9-16-12(2)5-6-13(3)17(16)10-15(14)8-11;1-11-8-9-16-12(2)14-6-4-5-7-15(14)13(3)17(16)10-11;1-11-3-5-13-10-16-8-12(2)4-6-14(16)9-15(13)7-11;1-11-13-7-3-5-9-15(13)12(2)16-10-6-4-8-14(11)16/h2*3-18H,1-2H3;2*4-10H,1-3H3;2*3-10H,1-2H3. The van der Waals surface area contributed by atoms with Gasteiger partial charge in [0, 0.05) is 0 Å². The van der Waals surface area contributed by atoms with Gasteiger partial charge < -0.3 is 0 Å². The van der Waals surface area contributed by atoms with E-state index in [2.05, 4.69) is 473 Å². The maximum absolute atomic E-state index is 2.36. The summed E-state index contributed by atoms with van der Waals surface area (Å²) < 4.78 is 0. The fourth-order valence-electron chi connectivity index (χ4n) is 20.1. The van der Waals surface area contributed by atoms with E-state index in [1.54, 1.807) is 0 Å². The molecule has 608 valence electrons. The minimum Gasteiger partial charge on any atom is -0.0616 e. The highest BCUT2D eigenvalue weighted by molar-refractivity contribution is 6.25. The van der Waals surface area contributed by atoms with Gasteiger partial charge in [0.15, 0.2) is 0 Å². The zero-order chi connectivity index (χ0) is 86.7. The lowest BCUT2D eigenvalue weighted by Crippen LogP contribution is -1.93. The van der Waals surface area contributed by atoms with Crippen molar-refractivity contribution in [2.75, 3.05) is 0 Å². The highest BCUT2D eigenvalue weighted by Crippen LogP contribution is 2.47. The van der Waals surface area contributed by atoms with Crippen molar-refractivity contribution in [2.45, 2.75) is 96.9 Å². The molecule has 0 aliphatic carbocycles. The number of benzene rings is 24. The summed E-state index contributed by atoms with van der Waals surface area (Å²) >= 11 is 0. The lowest BCUT2D eigenvalue weighted by atomic mass is 9.83. The van der Waals surface area contributed by atoms with Gasteiger partial charge >= 0.3 is 0 Å². The van der Waals surface area contributed by atoms with Gasteiger partial charge in [-0.15, -0.1) is 0 Å². The smallest absolute Gasteiger partial charge is 0.00141 e. The molecular weight excluding hydrogens is 1510 g/mol. The Kier molecular flexibility index (Phi) is 21.8. The third kappa shape index (κ3) is 15.2. The van der Waals surface area contributed by atoms with Crippen LogP contribution in [0.4, 0.5) is 0 Å². The summed E-state index contributed by atoms with van der Waals surface area (Å²) in [6.07, 6.45) is 0. The van der Waals surface area contributed by atoms with Gasteiger partial charge in [-0.3, -0.25) is 0 Å². The predicted octanol–water partition coefficient (Wildman–Crippen LogP) is 36.2. The molecule has 0 saturated heterocycles. The van der Waals surface area contributed by atoms with E-state index < -0.39 is 0 Å². The van der Waals surface area contributed by atoms with E-state index in [4.69, 9.17) is 0 Å². The number of rotatable bonds is 2. The van der Waals surface area contributed by atoms with Crippen molar-refractivity contribution in [3.63, 3.8) is 0 Å². The Labute approximate surface area is 740 Å². The Morgan fingerprint density at radius 1 is 0.111 bits per heavy atom. The Bertz CT molecular complexity index is 7960. The first-order chi connectivity index (χ1) is 61.3. The quantitative estimate of drug-likeness (QED) is 0.151. The van der Waals surface area contributed by atoms with E-state index in [0.29, 0.717) is 0 Å². The van der Waals surface area contributed by atoms with Crippen molar-refractivity contribution in [1.29, 1.82) is 0 Å². The van der Waals surface area contributed by atoms with Crippen LogP contribution in [0, 0.1) is 96.9 Å². The average Bonchev–Trinajstić information content (AvgIpc) is 0.729. The van der Waals surface area contributed by atoms with Crippen molar-refractivity contribution in [1.82, 2.24) is 0 Å². The molecule has 0 aliphatic rings. The zero-order valence-electron chi connectivity index (χ0n) is 74.8. The van der Waals surface area contributed by atoms with Gasteiger partial charge in [-0.25, -0.2) is 0 Å². The second kappa shape index (κ2) is 33.9. The molecule has 0 amide bonds. The normalized spacial score (nSPS) is 11.4. The van der Waals surface area contributed by atoms with Gasteiger partial charge in [0.2, 0.25) is 0 Å². The van der Waals surface area contributed by atoms with E-state index >= 15 is 0 Å². The summed E-state index contributed by atoms with van der Waals surface area (Å²) in [6, 6.07) is 138. The SMILES string of the molecule is Cc1c2ccccc2c(-c2c3ccccc3c(C)c3ccccc23)c2ccccc12.Cc1c2ccccc2c(C)c2ccccc12.Cc1ccc(-c2ccc(C)c3cc4ccccc4cc23)c2cc3ccccc3cc12.Cc1ccc2c(C)c3ccccc3c(C)c2c1.Cc1ccc2cc3c(C)ccc(C)c3cc2c1.Cc1ccc2cc3cc(C)ccc3cc2c1. The molecule has 0 nitrogen and oxygen atoms in total. The topological polar surface area (TPSA) is 0 Å². The first-order valence-corrected chi connectivity index (χ1v) is 44.5. The summed E-state index contributed by atoms with van der Waals surface area (Å²) in [5, 5.41) is 42.9. The van der Waals surface area contributed by atoms with Crippen LogP contribution in [0.1, 0.15) is 77.9 Å². The molecule has 0 atom stereocenters. The van der Waals surface area contributed by atoms with Crippen molar-refractivity contribution >= 4 is 172 Å². The van der Waals surface area contributed by atoms with Crippen LogP contribution in [0.5, 0.6) is 0 Å².